The zero-order chi connectivity index (χ0) is 12.8. The van der Waals surface area contributed by atoms with Crippen LogP contribution in [0, 0.1) is 0 Å². The minimum Gasteiger partial charge on any atom is -0.236 e. The van der Waals surface area contributed by atoms with Gasteiger partial charge in [-0.05, 0) is 12.8 Å². The van der Waals surface area contributed by atoms with Gasteiger partial charge in [0.25, 0.3) is 0 Å². The third kappa shape index (κ3) is 16.3. The summed E-state index contributed by atoms with van der Waals surface area (Å²) >= 11 is 3.74. The zero-order valence-corrected chi connectivity index (χ0v) is 12.5. The minimum absolute atomic E-state index is 0.626. The van der Waals surface area contributed by atoms with Crippen LogP contribution < -0.4 is 0 Å². The van der Waals surface area contributed by atoms with Crippen molar-refractivity contribution in [3.05, 3.63) is 0 Å². The van der Waals surface area contributed by atoms with Crippen LogP contribution in [0.3, 0.4) is 0 Å². The van der Waals surface area contributed by atoms with Gasteiger partial charge >= 0.3 is 0 Å². The lowest BCUT2D eigenvalue weighted by atomic mass is 10.0. The van der Waals surface area contributed by atoms with Gasteiger partial charge in [0.05, 0.1) is 0 Å². The summed E-state index contributed by atoms with van der Waals surface area (Å²) in [4.78, 5) is 0. The lowest BCUT2D eigenvalue weighted by molar-refractivity contribution is 0.413. The molecule has 0 heterocycles. The van der Waals surface area contributed by atoms with Gasteiger partial charge in [0, 0.05) is 0 Å². The predicted molar refractivity (Wildman–Crippen MR) is 79.6 cm³/mol. The van der Waals surface area contributed by atoms with E-state index in [1.165, 1.54) is 70.6 Å². The van der Waals surface area contributed by atoms with Crippen molar-refractivity contribution in [2.45, 2.75) is 95.9 Å². The molecule has 0 radical (unpaired) electrons. The van der Waals surface area contributed by atoms with Gasteiger partial charge in [-0.1, -0.05) is 77.6 Å². The van der Waals surface area contributed by atoms with Crippen molar-refractivity contribution in [2.24, 2.45) is 0 Å². The molecule has 0 nitrogen and oxygen atoms in total. The van der Waals surface area contributed by atoms with Crippen LogP contribution in [0.4, 0.5) is 4.39 Å². The number of unbranched alkanes of at least 4 members (excludes halogenated alkanes) is 11. The Morgan fingerprint density at radius 3 is 1.41 bits per heavy atom. The standard InChI is InChI=1S/C15H31FS/c1-2-3-4-5-6-7-8-9-10-11-12-13-14-15(16)17/h15,17H,2-14H2,1H3. The van der Waals surface area contributed by atoms with Gasteiger partial charge in [0.1, 0.15) is 5.50 Å². The quantitative estimate of drug-likeness (QED) is 0.292. The molecule has 0 N–H and O–H groups in total. The Hall–Kier alpha value is 0.280. The summed E-state index contributed by atoms with van der Waals surface area (Å²) in [6.07, 6.45) is 16.6. The van der Waals surface area contributed by atoms with Gasteiger partial charge in [0.15, 0.2) is 0 Å². The summed E-state index contributed by atoms with van der Waals surface area (Å²) in [5.41, 5.74) is -0.905. The molecule has 0 aromatic rings. The summed E-state index contributed by atoms with van der Waals surface area (Å²) < 4.78 is 12.4. The number of alkyl halides is 1. The Kier molecular flexibility index (Phi) is 14.6. The molecule has 1 atom stereocenters. The van der Waals surface area contributed by atoms with Crippen LogP contribution in [0.2, 0.25) is 0 Å². The second-order valence-electron chi connectivity index (χ2n) is 5.11. The smallest absolute Gasteiger partial charge is 0.143 e. The summed E-state index contributed by atoms with van der Waals surface area (Å²) in [5.74, 6) is 0. The number of hydrogen-bond donors (Lipinski definition) is 1. The Bertz CT molecular complexity index is 137. The average Bonchev–Trinajstić information content (AvgIpc) is 2.30. The fourth-order valence-electron chi connectivity index (χ4n) is 2.15. The molecule has 0 aromatic heterocycles. The Morgan fingerprint density at radius 2 is 1.06 bits per heavy atom. The van der Waals surface area contributed by atoms with E-state index in [2.05, 4.69) is 19.6 Å². The third-order valence-corrected chi connectivity index (χ3v) is 3.55. The molecule has 0 aliphatic heterocycles. The van der Waals surface area contributed by atoms with Gasteiger partial charge in [-0.15, -0.1) is 12.6 Å². The van der Waals surface area contributed by atoms with Gasteiger partial charge in [0.2, 0.25) is 0 Å². The molecule has 0 saturated heterocycles. The topological polar surface area (TPSA) is 0 Å². The van der Waals surface area contributed by atoms with Crippen molar-refractivity contribution in [1.29, 1.82) is 0 Å². The highest BCUT2D eigenvalue weighted by Gasteiger charge is 1.98. The summed E-state index contributed by atoms with van der Waals surface area (Å²) in [7, 11) is 0. The molecule has 104 valence electrons. The maximum atomic E-state index is 12.4. The van der Waals surface area contributed by atoms with Crippen molar-refractivity contribution >= 4 is 12.6 Å². The highest BCUT2D eigenvalue weighted by Crippen LogP contribution is 2.14. The van der Waals surface area contributed by atoms with E-state index >= 15 is 0 Å². The number of thiol groups is 1. The van der Waals surface area contributed by atoms with Gasteiger partial charge in [-0.25, -0.2) is 4.39 Å². The third-order valence-electron chi connectivity index (χ3n) is 3.30. The lowest BCUT2D eigenvalue weighted by Crippen LogP contribution is -1.88. The van der Waals surface area contributed by atoms with Crippen LogP contribution in [-0.4, -0.2) is 5.50 Å². The van der Waals surface area contributed by atoms with E-state index in [0.29, 0.717) is 6.42 Å². The molecule has 0 aliphatic carbocycles. The lowest BCUT2D eigenvalue weighted by Gasteiger charge is -2.03. The predicted octanol–water partition coefficient (Wildman–Crippen LogP) is 6.30. The first kappa shape index (κ1) is 17.3. The number of rotatable bonds is 13. The highest BCUT2D eigenvalue weighted by molar-refractivity contribution is 7.80. The highest BCUT2D eigenvalue weighted by atomic mass is 32.1. The van der Waals surface area contributed by atoms with Crippen molar-refractivity contribution in [3.8, 4) is 0 Å². The zero-order valence-electron chi connectivity index (χ0n) is 11.6. The molecule has 0 aliphatic rings. The SMILES string of the molecule is CCCCCCCCCCCCCCC(F)S. The van der Waals surface area contributed by atoms with Crippen LogP contribution in [0.15, 0.2) is 0 Å². The van der Waals surface area contributed by atoms with Gasteiger partial charge < -0.3 is 0 Å². The monoisotopic (exact) mass is 262 g/mol. The molecule has 0 bridgehead atoms. The average molecular weight is 262 g/mol. The normalized spacial score (nSPS) is 12.9. The molecule has 0 saturated carbocycles. The van der Waals surface area contributed by atoms with E-state index < -0.39 is 5.50 Å². The molecule has 2 heteroatoms. The molecular formula is C15H31FS. The van der Waals surface area contributed by atoms with Gasteiger partial charge in [-0.2, -0.15) is 0 Å². The van der Waals surface area contributed by atoms with Crippen LogP contribution >= 0.6 is 12.6 Å². The van der Waals surface area contributed by atoms with Crippen molar-refractivity contribution in [3.63, 3.8) is 0 Å². The Labute approximate surface area is 113 Å². The second kappa shape index (κ2) is 14.3. The van der Waals surface area contributed by atoms with E-state index in [1.807, 2.05) is 0 Å². The first-order valence-corrected chi connectivity index (χ1v) is 8.11. The van der Waals surface area contributed by atoms with E-state index in [1.54, 1.807) is 0 Å². The molecular weight excluding hydrogens is 231 g/mol. The van der Waals surface area contributed by atoms with Crippen LogP contribution in [0.5, 0.6) is 0 Å². The minimum atomic E-state index is -0.905. The summed E-state index contributed by atoms with van der Waals surface area (Å²) in [5, 5.41) is 0. The van der Waals surface area contributed by atoms with E-state index in [9.17, 15) is 4.39 Å². The molecule has 0 amide bonds. The molecule has 0 aromatic carbocycles. The summed E-state index contributed by atoms with van der Waals surface area (Å²) in [6.45, 7) is 2.26. The van der Waals surface area contributed by atoms with E-state index in [-0.39, 0.29) is 0 Å². The fraction of sp³-hybridized carbons (Fsp3) is 1.00. The Balaban J connectivity index is 2.89. The summed E-state index contributed by atoms with van der Waals surface area (Å²) in [6, 6.07) is 0. The second-order valence-corrected chi connectivity index (χ2v) is 5.67. The van der Waals surface area contributed by atoms with Crippen molar-refractivity contribution in [1.82, 2.24) is 0 Å². The maximum absolute atomic E-state index is 12.4. The fourth-order valence-corrected chi connectivity index (χ4v) is 2.34. The van der Waals surface area contributed by atoms with Gasteiger partial charge in [-0.3, -0.25) is 0 Å². The Morgan fingerprint density at radius 1 is 0.706 bits per heavy atom. The van der Waals surface area contributed by atoms with E-state index in [4.69, 9.17) is 0 Å². The molecule has 0 fully saturated rings. The molecule has 0 spiro atoms. The molecule has 1 unspecified atom stereocenters. The first-order chi connectivity index (χ1) is 8.27. The van der Waals surface area contributed by atoms with Crippen molar-refractivity contribution < 1.29 is 4.39 Å². The number of hydrogen-bond acceptors (Lipinski definition) is 1. The van der Waals surface area contributed by atoms with E-state index in [0.717, 1.165) is 6.42 Å². The van der Waals surface area contributed by atoms with Crippen LogP contribution in [-0.2, 0) is 0 Å². The largest absolute Gasteiger partial charge is 0.236 e. The molecule has 0 rings (SSSR count). The van der Waals surface area contributed by atoms with Crippen LogP contribution in [0.1, 0.15) is 90.4 Å². The maximum Gasteiger partial charge on any atom is 0.143 e. The first-order valence-electron chi connectivity index (χ1n) is 7.59. The van der Waals surface area contributed by atoms with Crippen molar-refractivity contribution in [2.75, 3.05) is 0 Å². The van der Waals surface area contributed by atoms with Crippen LogP contribution in [0.25, 0.3) is 0 Å². The number of halogens is 1. The molecule has 17 heavy (non-hydrogen) atoms.